The molecule has 14 heteroatoms. The first-order valence-corrected chi connectivity index (χ1v) is 14.8. The number of urea groups is 1. The molecule has 0 aliphatic carbocycles. The second kappa shape index (κ2) is 12.6. The van der Waals surface area contributed by atoms with Gasteiger partial charge in [-0.1, -0.05) is 12.1 Å². The van der Waals surface area contributed by atoms with E-state index in [0.29, 0.717) is 48.4 Å². The average Bonchev–Trinajstić information content (AvgIpc) is 3.06. The zero-order valence-electron chi connectivity index (χ0n) is 25.4. The Morgan fingerprint density at radius 3 is 2.34 bits per heavy atom. The minimum absolute atomic E-state index is 0.0249. The van der Waals surface area contributed by atoms with Crippen molar-refractivity contribution >= 4 is 41.2 Å². The van der Waals surface area contributed by atoms with Crippen LogP contribution in [0.25, 0.3) is 11.3 Å². The van der Waals surface area contributed by atoms with Gasteiger partial charge in [0.1, 0.15) is 23.1 Å². The lowest BCUT2D eigenvalue weighted by Gasteiger charge is -2.37. The summed E-state index contributed by atoms with van der Waals surface area (Å²) in [5.74, 6) is -2.70. The molecule has 4 aromatic rings. The zero-order valence-corrected chi connectivity index (χ0v) is 25.4. The number of benzene rings is 3. The van der Waals surface area contributed by atoms with Gasteiger partial charge in [-0.25, -0.2) is 32.6 Å². The minimum atomic E-state index is -1.04. The molecule has 0 unspecified atom stereocenters. The van der Waals surface area contributed by atoms with Crippen molar-refractivity contribution in [2.24, 2.45) is 0 Å². The number of carboxylic acid groups (broad SMARTS) is 1. The van der Waals surface area contributed by atoms with Crippen molar-refractivity contribution < 1.29 is 32.7 Å². The second-order valence-corrected chi connectivity index (χ2v) is 11.3. The standard InChI is InChI=1S/C33H30F3N7O4/c1-18-6-7-19(30(44)38-21-10-8-20(34)9-11-21)16-23(18)27-24-17-37-32(45)43(28-25(35)4-3-5-26(28)36)29(24)40-31(39-27)42-14-12-22(13-15-42)41(2)33(46)47/h3-11,16,22H,12-15,17H2,1-2H3,(H,37,45)(H,38,44)(H,46,47). The lowest BCUT2D eigenvalue weighted by atomic mass is 9.97. The average molecular weight is 646 g/mol. The number of aryl methyl sites for hydroxylation is 1. The number of halogens is 3. The van der Waals surface area contributed by atoms with Crippen molar-refractivity contribution in [1.82, 2.24) is 20.2 Å². The number of aromatic nitrogens is 2. The second-order valence-electron chi connectivity index (χ2n) is 11.3. The number of fused-ring (bicyclic) bond motifs is 1. The Morgan fingerprint density at radius 2 is 1.68 bits per heavy atom. The third-order valence-corrected chi connectivity index (χ3v) is 8.42. The van der Waals surface area contributed by atoms with Gasteiger partial charge >= 0.3 is 12.1 Å². The van der Waals surface area contributed by atoms with Gasteiger partial charge < -0.3 is 25.5 Å². The fraction of sp³-hybridized carbons (Fsp3) is 0.242. The lowest BCUT2D eigenvalue weighted by Crippen LogP contribution is -2.46. The first kappa shape index (κ1) is 31.3. The van der Waals surface area contributed by atoms with Crippen LogP contribution >= 0.6 is 0 Å². The van der Waals surface area contributed by atoms with E-state index in [1.165, 1.54) is 42.3 Å². The summed E-state index contributed by atoms with van der Waals surface area (Å²) < 4.78 is 43.7. The number of hydrogen-bond donors (Lipinski definition) is 3. The summed E-state index contributed by atoms with van der Waals surface area (Å²) in [5.41, 5.74) is 1.99. The normalized spacial score (nSPS) is 14.8. The Kier molecular flexibility index (Phi) is 8.41. The molecule has 2 aliphatic heterocycles. The van der Waals surface area contributed by atoms with Crippen LogP contribution in [0, 0.1) is 24.4 Å². The molecule has 4 amide bonds. The number of rotatable bonds is 6. The summed E-state index contributed by atoms with van der Waals surface area (Å²) in [6, 6.07) is 12.6. The molecule has 242 valence electrons. The molecular weight excluding hydrogens is 615 g/mol. The predicted molar refractivity (Wildman–Crippen MR) is 168 cm³/mol. The van der Waals surface area contributed by atoms with Crippen LogP contribution in [0.4, 0.5) is 45.9 Å². The summed E-state index contributed by atoms with van der Waals surface area (Å²) in [4.78, 5) is 51.5. The van der Waals surface area contributed by atoms with Crippen molar-refractivity contribution in [1.29, 1.82) is 0 Å². The number of nitrogens with zero attached hydrogens (tertiary/aromatic N) is 5. The maximum Gasteiger partial charge on any atom is 0.407 e. The molecule has 1 fully saturated rings. The van der Waals surface area contributed by atoms with Crippen molar-refractivity contribution in [2.75, 3.05) is 35.3 Å². The van der Waals surface area contributed by atoms with E-state index in [4.69, 9.17) is 4.98 Å². The van der Waals surface area contributed by atoms with Crippen molar-refractivity contribution in [2.45, 2.75) is 32.4 Å². The number of piperidine rings is 1. The maximum atomic E-state index is 15.1. The summed E-state index contributed by atoms with van der Waals surface area (Å²) in [7, 11) is 1.51. The lowest BCUT2D eigenvalue weighted by molar-refractivity contribution is 0.102. The smallest absolute Gasteiger partial charge is 0.407 e. The molecule has 0 saturated carbocycles. The third-order valence-electron chi connectivity index (χ3n) is 8.42. The molecule has 6 rings (SSSR count). The Balaban J connectivity index is 1.46. The largest absolute Gasteiger partial charge is 0.465 e. The number of hydrogen-bond acceptors (Lipinski definition) is 6. The van der Waals surface area contributed by atoms with E-state index >= 15 is 8.78 Å². The van der Waals surface area contributed by atoms with E-state index in [9.17, 15) is 23.9 Å². The highest BCUT2D eigenvalue weighted by Gasteiger charge is 2.36. The Hall–Kier alpha value is -5.66. The summed E-state index contributed by atoms with van der Waals surface area (Å²) in [6.07, 6.45) is -0.0888. The van der Waals surface area contributed by atoms with Crippen LogP contribution in [-0.4, -0.2) is 64.2 Å². The molecule has 3 N–H and O–H groups in total. The first-order chi connectivity index (χ1) is 22.5. The van der Waals surface area contributed by atoms with Crippen LogP contribution in [0.3, 0.4) is 0 Å². The van der Waals surface area contributed by atoms with Crippen molar-refractivity contribution in [3.8, 4) is 11.3 Å². The van der Waals surface area contributed by atoms with Gasteiger partial charge in [0.2, 0.25) is 5.95 Å². The summed E-state index contributed by atoms with van der Waals surface area (Å²) >= 11 is 0. The predicted octanol–water partition coefficient (Wildman–Crippen LogP) is 6.06. The van der Waals surface area contributed by atoms with Gasteiger partial charge in [0, 0.05) is 48.6 Å². The number of amides is 4. The van der Waals surface area contributed by atoms with E-state index in [2.05, 4.69) is 15.6 Å². The van der Waals surface area contributed by atoms with Gasteiger partial charge in [0.05, 0.1) is 12.2 Å². The monoisotopic (exact) mass is 645 g/mol. The molecule has 0 spiro atoms. The van der Waals surface area contributed by atoms with Crippen molar-refractivity contribution in [3.05, 3.63) is 94.8 Å². The first-order valence-electron chi connectivity index (χ1n) is 14.8. The molecule has 3 aromatic carbocycles. The number of para-hydroxylation sites is 1. The molecule has 1 saturated heterocycles. The topological polar surface area (TPSA) is 131 Å². The molecule has 2 aliphatic rings. The summed E-state index contributed by atoms with van der Waals surface area (Å²) in [6.45, 7) is 2.50. The highest BCUT2D eigenvalue weighted by atomic mass is 19.1. The van der Waals surface area contributed by atoms with Gasteiger partial charge in [-0.05, 0) is 73.9 Å². The van der Waals surface area contributed by atoms with Crippen LogP contribution in [-0.2, 0) is 6.54 Å². The van der Waals surface area contributed by atoms with Crippen LogP contribution in [0.5, 0.6) is 0 Å². The van der Waals surface area contributed by atoms with Gasteiger partial charge in [-0.3, -0.25) is 4.79 Å². The van der Waals surface area contributed by atoms with Gasteiger partial charge in [-0.15, -0.1) is 0 Å². The van der Waals surface area contributed by atoms with E-state index in [1.54, 1.807) is 18.2 Å². The Morgan fingerprint density at radius 1 is 1.00 bits per heavy atom. The zero-order chi connectivity index (χ0) is 33.4. The van der Waals surface area contributed by atoms with E-state index in [0.717, 1.165) is 22.6 Å². The molecule has 1 aromatic heterocycles. The molecule has 0 bridgehead atoms. The number of nitrogens with one attached hydrogen (secondary N) is 2. The van der Waals surface area contributed by atoms with Gasteiger partial charge in [0.15, 0.2) is 5.82 Å². The highest BCUT2D eigenvalue weighted by Crippen LogP contribution is 2.40. The number of carbonyl (C=O) groups excluding carboxylic acids is 2. The molecule has 11 nitrogen and oxygen atoms in total. The quantitative estimate of drug-likeness (QED) is 0.232. The molecule has 47 heavy (non-hydrogen) atoms. The fourth-order valence-corrected chi connectivity index (χ4v) is 5.79. The van der Waals surface area contributed by atoms with E-state index < -0.39 is 41.2 Å². The third kappa shape index (κ3) is 6.13. The van der Waals surface area contributed by atoms with E-state index in [-0.39, 0.29) is 29.9 Å². The van der Waals surface area contributed by atoms with Gasteiger partial charge in [0.25, 0.3) is 5.91 Å². The minimum Gasteiger partial charge on any atom is -0.465 e. The summed E-state index contributed by atoms with van der Waals surface area (Å²) in [5, 5.41) is 14.8. The molecule has 0 atom stereocenters. The number of carbonyl (C=O) groups is 3. The Bertz CT molecular complexity index is 1860. The van der Waals surface area contributed by atoms with E-state index in [1.807, 2.05) is 11.8 Å². The van der Waals surface area contributed by atoms with Crippen LogP contribution in [0.15, 0.2) is 60.7 Å². The number of anilines is 4. The fourth-order valence-electron chi connectivity index (χ4n) is 5.79. The van der Waals surface area contributed by atoms with Crippen LogP contribution in [0.1, 0.15) is 34.3 Å². The van der Waals surface area contributed by atoms with Crippen LogP contribution in [0.2, 0.25) is 0 Å². The maximum absolute atomic E-state index is 15.1. The molecule has 0 radical (unpaired) electrons. The SMILES string of the molecule is Cc1ccc(C(=O)Nc2ccc(F)cc2)cc1-c1nc(N2CCC(N(C)C(=O)O)CC2)nc2c1CNC(=O)N2c1c(F)cccc1F. The van der Waals surface area contributed by atoms with Gasteiger partial charge in [-0.2, -0.15) is 4.98 Å². The molecular formula is C33H30F3N7O4. The van der Waals surface area contributed by atoms with Crippen molar-refractivity contribution in [3.63, 3.8) is 0 Å². The Labute approximate surface area is 267 Å². The highest BCUT2D eigenvalue weighted by molar-refractivity contribution is 6.06. The molecule has 3 heterocycles. The van der Waals surface area contributed by atoms with Crippen LogP contribution < -0.4 is 20.4 Å².